The zero-order chi connectivity index (χ0) is 20.2. The molecule has 4 rings (SSSR count). The van der Waals surface area contributed by atoms with Crippen molar-refractivity contribution in [2.24, 2.45) is 0 Å². The van der Waals surface area contributed by atoms with E-state index < -0.39 is 0 Å². The van der Waals surface area contributed by atoms with Gasteiger partial charge < -0.3 is 14.8 Å². The highest BCUT2D eigenvalue weighted by atomic mass is 35.5. The van der Waals surface area contributed by atoms with Crippen molar-refractivity contribution >= 4 is 35.0 Å². The SMILES string of the molecule is Cc1cc(CN2CCSCC2)ccc1NC(=O)Cc1cc(Cl)c2c(c1)OCCO2. The highest BCUT2D eigenvalue weighted by Crippen LogP contribution is 2.38. The van der Waals surface area contributed by atoms with Crippen molar-refractivity contribution in [2.75, 3.05) is 43.1 Å². The first-order chi connectivity index (χ1) is 14.1. The van der Waals surface area contributed by atoms with E-state index in [0.717, 1.165) is 36.4 Å². The number of carbonyl (C=O) groups excluding carboxylic acids is 1. The number of halogens is 1. The lowest BCUT2D eigenvalue weighted by Crippen LogP contribution is -2.31. The molecule has 2 aliphatic rings. The van der Waals surface area contributed by atoms with Gasteiger partial charge in [0.25, 0.3) is 0 Å². The van der Waals surface area contributed by atoms with E-state index in [0.29, 0.717) is 29.7 Å². The van der Waals surface area contributed by atoms with Crippen molar-refractivity contribution in [1.82, 2.24) is 4.90 Å². The number of amides is 1. The summed E-state index contributed by atoms with van der Waals surface area (Å²) >= 11 is 8.29. The Kier molecular flexibility index (Phi) is 6.53. The van der Waals surface area contributed by atoms with E-state index in [4.69, 9.17) is 21.1 Å². The monoisotopic (exact) mass is 432 g/mol. The van der Waals surface area contributed by atoms with Crippen molar-refractivity contribution in [2.45, 2.75) is 19.9 Å². The van der Waals surface area contributed by atoms with E-state index in [2.05, 4.69) is 22.3 Å². The summed E-state index contributed by atoms with van der Waals surface area (Å²) in [5, 5.41) is 3.49. The molecule has 0 spiro atoms. The molecule has 1 N–H and O–H groups in total. The predicted octanol–water partition coefficient (Wildman–Crippen LogP) is 4.15. The van der Waals surface area contributed by atoms with Crippen LogP contribution in [0.15, 0.2) is 30.3 Å². The summed E-state index contributed by atoms with van der Waals surface area (Å²) in [7, 11) is 0. The van der Waals surface area contributed by atoms with Crippen LogP contribution < -0.4 is 14.8 Å². The number of fused-ring (bicyclic) bond motifs is 1. The van der Waals surface area contributed by atoms with Crippen LogP contribution in [0.5, 0.6) is 11.5 Å². The Morgan fingerprint density at radius 1 is 1.14 bits per heavy atom. The summed E-state index contributed by atoms with van der Waals surface area (Å²) < 4.78 is 11.1. The number of carbonyl (C=O) groups is 1. The second-order valence-corrected chi connectivity index (χ2v) is 9.00. The summed E-state index contributed by atoms with van der Waals surface area (Å²) in [5.74, 6) is 3.49. The van der Waals surface area contributed by atoms with Gasteiger partial charge in [0.15, 0.2) is 11.5 Å². The number of hydrogen-bond acceptors (Lipinski definition) is 5. The molecule has 2 aromatic carbocycles. The molecule has 1 saturated heterocycles. The smallest absolute Gasteiger partial charge is 0.228 e. The van der Waals surface area contributed by atoms with Gasteiger partial charge in [-0.3, -0.25) is 9.69 Å². The second kappa shape index (κ2) is 9.28. The van der Waals surface area contributed by atoms with Crippen LogP contribution in [0.4, 0.5) is 5.69 Å². The fourth-order valence-electron chi connectivity index (χ4n) is 3.63. The van der Waals surface area contributed by atoms with Crippen LogP contribution in [0, 0.1) is 6.92 Å². The minimum absolute atomic E-state index is 0.0818. The van der Waals surface area contributed by atoms with E-state index >= 15 is 0 Å². The first-order valence-electron chi connectivity index (χ1n) is 9.86. The van der Waals surface area contributed by atoms with Gasteiger partial charge >= 0.3 is 0 Å². The first-order valence-corrected chi connectivity index (χ1v) is 11.4. The van der Waals surface area contributed by atoms with E-state index in [1.165, 1.54) is 17.1 Å². The van der Waals surface area contributed by atoms with Crippen LogP contribution in [0.25, 0.3) is 0 Å². The number of aryl methyl sites for hydroxylation is 1. The molecule has 7 heteroatoms. The summed E-state index contributed by atoms with van der Waals surface area (Å²) in [5.41, 5.74) is 4.00. The zero-order valence-electron chi connectivity index (χ0n) is 16.5. The molecule has 29 heavy (non-hydrogen) atoms. The molecule has 2 heterocycles. The molecule has 0 unspecified atom stereocenters. The quantitative estimate of drug-likeness (QED) is 0.769. The van der Waals surface area contributed by atoms with Gasteiger partial charge in [-0.15, -0.1) is 0 Å². The van der Waals surface area contributed by atoms with E-state index in [-0.39, 0.29) is 12.3 Å². The predicted molar refractivity (Wildman–Crippen MR) is 119 cm³/mol. The third kappa shape index (κ3) is 5.18. The molecule has 5 nitrogen and oxygen atoms in total. The van der Waals surface area contributed by atoms with E-state index in [9.17, 15) is 4.79 Å². The number of anilines is 1. The fraction of sp³-hybridized carbons (Fsp3) is 0.409. The van der Waals surface area contributed by atoms with Crippen LogP contribution >= 0.6 is 23.4 Å². The molecule has 2 aliphatic heterocycles. The van der Waals surface area contributed by atoms with Gasteiger partial charge in [0, 0.05) is 36.8 Å². The number of benzene rings is 2. The van der Waals surface area contributed by atoms with Crippen LogP contribution in [-0.4, -0.2) is 48.6 Å². The molecule has 1 fully saturated rings. The third-order valence-electron chi connectivity index (χ3n) is 5.10. The maximum atomic E-state index is 12.6. The van der Waals surface area contributed by atoms with Gasteiger partial charge in [-0.05, 0) is 41.8 Å². The van der Waals surface area contributed by atoms with Crippen LogP contribution in [0.2, 0.25) is 5.02 Å². The highest BCUT2D eigenvalue weighted by Gasteiger charge is 2.18. The van der Waals surface area contributed by atoms with Gasteiger partial charge in [-0.25, -0.2) is 0 Å². The summed E-state index contributed by atoms with van der Waals surface area (Å²) in [6, 6.07) is 9.86. The Hall–Kier alpha value is -1.89. The summed E-state index contributed by atoms with van der Waals surface area (Å²) in [6.07, 6.45) is 0.225. The van der Waals surface area contributed by atoms with Crippen molar-refractivity contribution < 1.29 is 14.3 Å². The average molecular weight is 433 g/mol. The van der Waals surface area contributed by atoms with Crippen molar-refractivity contribution in [3.8, 4) is 11.5 Å². The van der Waals surface area contributed by atoms with Crippen LogP contribution in [0.3, 0.4) is 0 Å². The highest BCUT2D eigenvalue weighted by molar-refractivity contribution is 7.99. The molecule has 0 atom stereocenters. The minimum Gasteiger partial charge on any atom is -0.486 e. The zero-order valence-corrected chi connectivity index (χ0v) is 18.1. The lowest BCUT2D eigenvalue weighted by atomic mass is 10.1. The van der Waals surface area contributed by atoms with Crippen LogP contribution in [0.1, 0.15) is 16.7 Å². The maximum Gasteiger partial charge on any atom is 0.228 e. The second-order valence-electron chi connectivity index (χ2n) is 7.36. The number of thioether (sulfide) groups is 1. The first kappa shape index (κ1) is 20.4. The molecule has 2 aromatic rings. The lowest BCUT2D eigenvalue weighted by molar-refractivity contribution is -0.115. The number of hydrogen-bond donors (Lipinski definition) is 1. The van der Waals surface area contributed by atoms with E-state index in [1.807, 2.05) is 30.8 Å². The molecule has 0 aromatic heterocycles. The number of rotatable bonds is 5. The van der Waals surface area contributed by atoms with Gasteiger partial charge in [0.05, 0.1) is 11.4 Å². The Morgan fingerprint density at radius 2 is 1.93 bits per heavy atom. The molecule has 0 aliphatic carbocycles. The lowest BCUT2D eigenvalue weighted by Gasteiger charge is -2.26. The van der Waals surface area contributed by atoms with Crippen molar-refractivity contribution in [3.05, 3.63) is 52.0 Å². The Labute approximate surface area is 180 Å². The standard InChI is InChI=1S/C22H25ClN2O3S/c1-15-10-16(14-25-4-8-29-9-5-25)2-3-19(15)24-21(26)13-17-11-18(23)22-20(12-17)27-6-7-28-22/h2-3,10-12H,4-9,13-14H2,1H3,(H,24,26). The topological polar surface area (TPSA) is 50.8 Å². The molecule has 1 amide bonds. The van der Waals surface area contributed by atoms with Gasteiger partial charge in [-0.1, -0.05) is 23.7 Å². The van der Waals surface area contributed by atoms with Gasteiger partial charge in [0.2, 0.25) is 5.91 Å². The molecule has 154 valence electrons. The Morgan fingerprint density at radius 3 is 2.72 bits per heavy atom. The van der Waals surface area contributed by atoms with Crippen molar-refractivity contribution in [1.29, 1.82) is 0 Å². The Bertz CT molecular complexity index is 900. The number of nitrogens with one attached hydrogen (secondary N) is 1. The third-order valence-corrected chi connectivity index (χ3v) is 6.32. The number of ether oxygens (including phenoxy) is 2. The van der Waals surface area contributed by atoms with Gasteiger partial charge in [0.1, 0.15) is 13.2 Å². The van der Waals surface area contributed by atoms with Crippen molar-refractivity contribution in [3.63, 3.8) is 0 Å². The molecular formula is C22H25ClN2O3S. The van der Waals surface area contributed by atoms with Gasteiger partial charge in [-0.2, -0.15) is 11.8 Å². The average Bonchev–Trinajstić information content (AvgIpc) is 2.71. The Balaban J connectivity index is 1.38. The molecular weight excluding hydrogens is 408 g/mol. The molecule has 0 bridgehead atoms. The largest absolute Gasteiger partial charge is 0.486 e. The van der Waals surface area contributed by atoms with E-state index in [1.54, 1.807) is 6.07 Å². The fourth-order valence-corrected chi connectivity index (χ4v) is 4.89. The summed E-state index contributed by atoms with van der Waals surface area (Å²) in [4.78, 5) is 15.1. The minimum atomic E-state index is -0.0818. The summed E-state index contributed by atoms with van der Waals surface area (Å²) in [6.45, 7) is 6.25. The normalized spacial score (nSPS) is 16.5. The van der Waals surface area contributed by atoms with Crippen LogP contribution in [-0.2, 0) is 17.8 Å². The maximum absolute atomic E-state index is 12.6. The molecule has 0 radical (unpaired) electrons. The molecule has 0 saturated carbocycles. The number of nitrogens with zero attached hydrogens (tertiary/aromatic N) is 1.